The van der Waals surface area contributed by atoms with Crippen molar-refractivity contribution in [2.24, 2.45) is 0 Å². The molecule has 1 aromatic rings. The maximum Gasteiger partial charge on any atom is 0.320 e. The zero-order valence-electron chi connectivity index (χ0n) is 10.9. The quantitative estimate of drug-likeness (QED) is 0.665. The second kappa shape index (κ2) is 5.79. The Balaban J connectivity index is 2.01. The van der Waals surface area contributed by atoms with Crippen LogP contribution in [0.2, 0.25) is 0 Å². The van der Waals surface area contributed by atoms with Gasteiger partial charge < -0.3 is 16.2 Å². The number of esters is 1. The molecule has 1 heterocycles. The summed E-state index contributed by atoms with van der Waals surface area (Å²) in [5.74, 6) is 0.411. The molecule has 2 rings (SSSR count). The first-order valence-corrected chi connectivity index (χ1v) is 6.24. The van der Waals surface area contributed by atoms with Crippen molar-refractivity contribution in [3.8, 4) is 0 Å². The highest BCUT2D eigenvalue weighted by Crippen LogP contribution is 2.27. The summed E-state index contributed by atoms with van der Waals surface area (Å²) in [6.45, 7) is 2.81. The lowest BCUT2D eigenvalue weighted by Crippen LogP contribution is -2.33. The topological polar surface area (TPSA) is 120 Å². The molecule has 1 fully saturated rings. The summed E-state index contributed by atoms with van der Waals surface area (Å²) in [5, 5.41) is 0. The van der Waals surface area contributed by atoms with Gasteiger partial charge in [-0.25, -0.2) is 0 Å². The highest BCUT2D eigenvalue weighted by molar-refractivity contribution is 5.71. The first-order valence-electron chi connectivity index (χ1n) is 6.24. The lowest BCUT2D eigenvalue weighted by atomic mass is 10.4. The maximum absolute atomic E-state index is 11.5. The second-order valence-corrected chi connectivity index (χ2v) is 4.41. The Morgan fingerprint density at radius 2 is 1.95 bits per heavy atom. The molecule has 0 amide bonds. The van der Waals surface area contributed by atoms with Gasteiger partial charge in [0.25, 0.3) is 0 Å². The highest BCUT2D eigenvalue weighted by Gasteiger charge is 2.31. The Morgan fingerprint density at radius 1 is 1.32 bits per heavy atom. The largest absolute Gasteiger partial charge is 0.465 e. The third kappa shape index (κ3) is 4.02. The fraction of sp³-hybridized carbons (Fsp3) is 0.636. The molecule has 0 aliphatic heterocycles. The van der Waals surface area contributed by atoms with Gasteiger partial charge in [-0.1, -0.05) is 0 Å². The summed E-state index contributed by atoms with van der Waals surface area (Å²) in [7, 11) is 0. The van der Waals surface area contributed by atoms with Crippen molar-refractivity contribution in [3.63, 3.8) is 0 Å². The van der Waals surface area contributed by atoms with Gasteiger partial charge in [0.1, 0.15) is 5.82 Å². The van der Waals surface area contributed by atoms with Gasteiger partial charge in [0.05, 0.1) is 19.7 Å². The Kier molecular flexibility index (Phi) is 4.10. The molecule has 1 aliphatic rings. The van der Waals surface area contributed by atoms with Crippen LogP contribution in [-0.2, 0) is 16.1 Å². The van der Waals surface area contributed by atoms with Crippen molar-refractivity contribution in [3.05, 3.63) is 5.82 Å². The lowest BCUT2D eigenvalue weighted by Gasteiger charge is -2.19. The molecular formula is C11H18N6O2. The fourth-order valence-electron chi connectivity index (χ4n) is 1.84. The number of aromatic nitrogens is 3. The van der Waals surface area contributed by atoms with Crippen LogP contribution in [0.3, 0.4) is 0 Å². The molecule has 0 aromatic carbocycles. The third-order valence-corrected chi connectivity index (χ3v) is 2.76. The molecule has 19 heavy (non-hydrogen) atoms. The number of carbonyl (C=O) groups is 1. The van der Waals surface area contributed by atoms with Gasteiger partial charge in [-0.3, -0.25) is 9.69 Å². The van der Waals surface area contributed by atoms with Crippen LogP contribution in [0.15, 0.2) is 0 Å². The SMILES string of the molecule is CCOC(=O)CN(Cc1nc(N)nc(N)n1)C1CC1. The van der Waals surface area contributed by atoms with E-state index in [0.717, 1.165) is 12.8 Å². The van der Waals surface area contributed by atoms with Crippen molar-refractivity contribution >= 4 is 17.9 Å². The normalized spacial score (nSPS) is 14.6. The van der Waals surface area contributed by atoms with E-state index in [9.17, 15) is 4.79 Å². The minimum Gasteiger partial charge on any atom is -0.465 e. The van der Waals surface area contributed by atoms with Crippen LogP contribution < -0.4 is 11.5 Å². The molecule has 0 atom stereocenters. The van der Waals surface area contributed by atoms with Crippen LogP contribution in [0.4, 0.5) is 11.9 Å². The zero-order chi connectivity index (χ0) is 13.8. The first-order chi connectivity index (χ1) is 9.08. The number of hydrogen-bond acceptors (Lipinski definition) is 8. The van der Waals surface area contributed by atoms with Crippen molar-refractivity contribution in [2.45, 2.75) is 32.4 Å². The van der Waals surface area contributed by atoms with Gasteiger partial charge >= 0.3 is 5.97 Å². The number of rotatable bonds is 6. The molecule has 104 valence electrons. The number of hydrogen-bond donors (Lipinski definition) is 2. The molecule has 1 aliphatic carbocycles. The zero-order valence-corrected chi connectivity index (χ0v) is 10.9. The van der Waals surface area contributed by atoms with Crippen LogP contribution in [0, 0.1) is 0 Å². The van der Waals surface area contributed by atoms with E-state index >= 15 is 0 Å². The molecule has 0 spiro atoms. The summed E-state index contributed by atoms with van der Waals surface area (Å²) in [4.78, 5) is 25.3. The number of nitrogens with two attached hydrogens (primary N) is 2. The van der Waals surface area contributed by atoms with E-state index in [-0.39, 0.29) is 24.4 Å². The molecule has 8 nitrogen and oxygen atoms in total. The smallest absolute Gasteiger partial charge is 0.320 e. The number of nitrogen functional groups attached to an aromatic ring is 2. The van der Waals surface area contributed by atoms with Crippen LogP contribution in [0.5, 0.6) is 0 Å². The van der Waals surface area contributed by atoms with Gasteiger partial charge in [0.15, 0.2) is 0 Å². The minimum absolute atomic E-state index is 0.0920. The summed E-state index contributed by atoms with van der Waals surface area (Å²) in [6, 6.07) is 0.378. The summed E-state index contributed by atoms with van der Waals surface area (Å²) in [5.41, 5.74) is 11.0. The van der Waals surface area contributed by atoms with Gasteiger partial charge in [0, 0.05) is 6.04 Å². The van der Waals surface area contributed by atoms with E-state index < -0.39 is 0 Å². The first kappa shape index (κ1) is 13.5. The number of nitrogens with zero attached hydrogens (tertiary/aromatic N) is 4. The Hall–Kier alpha value is -1.96. The van der Waals surface area contributed by atoms with Crippen LogP contribution in [0.1, 0.15) is 25.6 Å². The van der Waals surface area contributed by atoms with Crippen molar-refractivity contribution in [1.82, 2.24) is 19.9 Å². The average Bonchev–Trinajstić information content (AvgIpc) is 3.10. The van der Waals surface area contributed by atoms with E-state index in [0.29, 0.717) is 25.0 Å². The van der Waals surface area contributed by atoms with E-state index in [2.05, 4.69) is 15.0 Å². The monoisotopic (exact) mass is 266 g/mol. The average molecular weight is 266 g/mol. The molecule has 1 aromatic heterocycles. The predicted octanol–water partition coefficient (Wildman–Crippen LogP) is -0.436. The lowest BCUT2D eigenvalue weighted by molar-refractivity contribution is -0.144. The van der Waals surface area contributed by atoms with Crippen molar-refractivity contribution in [1.29, 1.82) is 0 Å². The Labute approximate surface area is 111 Å². The number of carbonyl (C=O) groups excluding carboxylic acids is 1. The number of anilines is 2. The third-order valence-electron chi connectivity index (χ3n) is 2.76. The van der Waals surface area contributed by atoms with Crippen molar-refractivity contribution in [2.75, 3.05) is 24.6 Å². The molecule has 0 bridgehead atoms. The van der Waals surface area contributed by atoms with Crippen LogP contribution >= 0.6 is 0 Å². The summed E-state index contributed by atoms with van der Waals surface area (Å²) >= 11 is 0. The van der Waals surface area contributed by atoms with Crippen LogP contribution in [0.25, 0.3) is 0 Å². The molecule has 1 saturated carbocycles. The molecule has 8 heteroatoms. The summed E-state index contributed by atoms with van der Waals surface area (Å²) < 4.78 is 4.95. The molecule has 0 saturated heterocycles. The number of ether oxygens (including phenoxy) is 1. The Morgan fingerprint density at radius 3 is 2.47 bits per heavy atom. The summed E-state index contributed by atoms with van der Waals surface area (Å²) in [6.07, 6.45) is 2.13. The van der Waals surface area contributed by atoms with Gasteiger partial charge in [-0.15, -0.1) is 0 Å². The highest BCUT2D eigenvalue weighted by atomic mass is 16.5. The van der Waals surface area contributed by atoms with Gasteiger partial charge in [0.2, 0.25) is 11.9 Å². The molecule has 0 unspecified atom stereocenters. The van der Waals surface area contributed by atoms with Gasteiger partial charge in [-0.2, -0.15) is 15.0 Å². The molecule has 4 N–H and O–H groups in total. The van der Waals surface area contributed by atoms with E-state index in [4.69, 9.17) is 16.2 Å². The van der Waals surface area contributed by atoms with Crippen molar-refractivity contribution < 1.29 is 9.53 Å². The Bertz CT molecular complexity index is 442. The van der Waals surface area contributed by atoms with Crippen LogP contribution in [-0.4, -0.2) is 45.0 Å². The molecule has 0 radical (unpaired) electrons. The van der Waals surface area contributed by atoms with Gasteiger partial charge in [-0.05, 0) is 19.8 Å². The maximum atomic E-state index is 11.5. The second-order valence-electron chi connectivity index (χ2n) is 4.41. The fourth-order valence-corrected chi connectivity index (χ4v) is 1.84. The minimum atomic E-state index is -0.246. The van der Waals surface area contributed by atoms with E-state index in [1.165, 1.54) is 0 Å². The predicted molar refractivity (Wildman–Crippen MR) is 68.7 cm³/mol. The van der Waals surface area contributed by atoms with E-state index in [1.54, 1.807) is 6.92 Å². The van der Waals surface area contributed by atoms with E-state index in [1.807, 2.05) is 4.90 Å². The standard InChI is InChI=1S/C11H18N6O2/c1-2-19-9(18)6-17(7-3-4-7)5-8-14-10(12)16-11(13)15-8/h7H,2-6H2,1H3,(H4,12,13,14,15,16). The molecular weight excluding hydrogens is 248 g/mol.